The Balaban J connectivity index is 1.14. The molecule has 44 heavy (non-hydrogen) atoms. The predicted molar refractivity (Wildman–Crippen MR) is 168 cm³/mol. The Bertz CT molecular complexity index is 1730. The third kappa shape index (κ3) is 4.05. The van der Waals surface area contributed by atoms with Crippen molar-refractivity contribution in [2.24, 2.45) is 11.8 Å². The monoisotopic (exact) mass is 610 g/mol. The normalized spacial score (nSPS) is 30.6. The summed E-state index contributed by atoms with van der Waals surface area (Å²) in [6, 6.07) is 4.82. The van der Waals surface area contributed by atoms with E-state index >= 15 is 0 Å². The Hall–Kier alpha value is -2.97. The van der Waals surface area contributed by atoms with E-state index in [1.807, 2.05) is 10.6 Å². The number of phenols is 1. The first-order valence-corrected chi connectivity index (χ1v) is 17.4. The number of aromatic hydroxyl groups is 1. The van der Waals surface area contributed by atoms with Crippen molar-refractivity contribution in [2.45, 2.75) is 113 Å². The number of nitrogens with zero attached hydrogens (tertiary/aromatic N) is 5. The first kappa shape index (κ1) is 26.3. The molecule has 0 radical (unpaired) electrons. The molecule has 228 valence electrons. The number of aromatic nitrogens is 4. The van der Waals surface area contributed by atoms with Gasteiger partial charge in [-0.15, -0.1) is 0 Å². The molecule has 0 amide bonds. The van der Waals surface area contributed by atoms with Gasteiger partial charge in [-0.3, -0.25) is 4.57 Å². The standard InChI is InChI=1S/C35H39ClN6O2/c36-26-12-21(43)13-28(30(26)17-1-2-17)41-10-9-22-29(15-41)42(34-31(18-3-4-18)37-16-38-32(34)19-5-6-19)35(44)40-33(22)25-14-24-23(25)11-20-7-8-27(24)39-20/h12-13,16-20,23-25,27,39,43H,1-11,14-15H2/t20?,23?,24-,25?,27?/m0/s1. The summed E-state index contributed by atoms with van der Waals surface area (Å²) >= 11 is 6.78. The van der Waals surface area contributed by atoms with E-state index in [1.54, 1.807) is 12.4 Å². The molecule has 4 aliphatic carbocycles. The zero-order chi connectivity index (χ0) is 29.3. The number of piperidine rings is 1. The Labute approximate surface area is 262 Å². The van der Waals surface area contributed by atoms with Crippen LogP contribution >= 0.6 is 11.6 Å². The number of nitrogens with one attached hydrogen (secondary N) is 1. The molecule has 3 aliphatic heterocycles. The molecule has 3 aromatic rings. The minimum atomic E-state index is -0.170. The van der Waals surface area contributed by atoms with Crippen LogP contribution in [-0.2, 0) is 13.0 Å². The smallest absolute Gasteiger partial charge is 0.352 e. The molecular formula is C35H39ClN6O2. The second kappa shape index (κ2) is 9.52. The second-order valence-electron chi connectivity index (χ2n) is 14.8. The summed E-state index contributed by atoms with van der Waals surface area (Å²) < 4.78 is 1.94. The summed E-state index contributed by atoms with van der Waals surface area (Å²) in [5.41, 5.74) is 8.33. The highest BCUT2D eigenvalue weighted by atomic mass is 35.5. The van der Waals surface area contributed by atoms with Crippen molar-refractivity contribution in [1.29, 1.82) is 0 Å². The molecule has 5 atom stereocenters. The van der Waals surface area contributed by atoms with E-state index in [0.29, 0.717) is 59.2 Å². The van der Waals surface area contributed by atoms with Crippen LogP contribution in [0.5, 0.6) is 5.75 Å². The number of rotatable bonds is 6. The number of fused-ring (bicyclic) bond motifs is 5. The van der Waals surface area contributed by atoms with Gasteiger partial charge in [0, 0.05) is 53.2 Å². The molecule has 2 aromatic heterocycles. The quantitative estimate of drug-likeness (QED) is 0.363. The van der Waals surface area contributed by atoms with Gasteiger partial charge in [0.2, 0.25) is 0 Å². The zero-order valence-electron chi connectivity index (χ0n) is 25.0. The van der Waals surface area contributed by atoms with Crippen molar-refractivity contribution in [3.05, 3.63) is 67.9 Å². The Morgan fingerprint density at radius 3 is 2.36 bits per heavy atom. The fourth-order valence-corrected chi connectivity index (χ4v) is 9.81. The van der Waals surface area contributed by atoms with E-state index in [2.05, 4.69) is 10.2 Å². The molecule has 2 N–H and O–H groups in total. The van der Waals surface area contributed by atoms with Crippen LogP contribution in [0.15, 0.2) is 23.3 Å². The predicted octanol–water partition coefficient (Wildman–Crippen LogP) is 5.82. The highest BCUT2D eigenvalue weighted by molar-refractivity contribution is 6.32. The second-order valence-corrected chi connectivity index (χ2v) is 15.2. The van der Waals surface area contributed by atoms with Gasteiger partial charge in [0.15, 0.2) is 0 Å². The third-order valence-electron chi connectivity index (χ3n) is 12.1. The highest BCUT2D eigenvalue weighted by Gasteiger charge is 2.53. The molecule has 9 heteroatoms. The molecule has 0 spiro atoms. The van der Waals surface area contributed by atoms with Crippen LogP contribution in [0, 0.1) is 11.8 Å². The molecule has 2 saturated heterocycles. The Kier molecular flexibility index (Phi) is 5.68. The maximum atomic E-state index is 14.5. The summed E-state index contributed by atoms with van der Waals surface area (Å²) in [5.74, 6) is 3.09. The molecule has 7 aliphatic rings. The first-order valence-electron chi connectivity index (χ1n) is 17.0. The van der Waals surface area contributed by atoms with E-state index in [4.69, 9.17) is 26.6 Å². The van der Waals surface area contributed by atoms with Crippen molar-refractivity contribution in [1.82, 2.24) is 24.8 Å². The van der Waals surface area contributed by atoms with Crippen molar-refractivity contribution < 1.29 is 5.11 Å². The van der Waals surface area contributed by atoms with Gasteiger partial charge in [-0.2, -0.15) is 4.98 Å². The SMILES string of the molecule is O=c1nc(C2C[C@@H]3C4CCC(CC23)N4)c2c(n1-c1c(C3CC3)ncnc1C1CC1)CN(c1cc(O)cc(Cl)c1C1CC1)CC2. The van der Waals surface area contributed by atoms with Crippen LogP contribution in [0.3, 0.4) is 0 Å². The zero-order valence-corrected chi connectivity index (χ0v) is 25.8. The van der Waals surface area contributed by atoms with Gasteiger partial charge < -0.3 is 15.3 Å². The average molecular weight is 611 g/mol. The van der Waals surface area contributed by atoms with Crippen LogP contribution < -0.4 is 15.9 Å². The van der Waals surface area contributed by atoms with E-state index in [1.165, 1.54) is 24.8 Å². The highest BCUT2D eigenvalue weighted by Crippen LogP contribution is 2.57. The molecule has 2 bridgehead atoms. The lowest BCUT2D eigenvalue weighted by molar-refractivity contribution is 0.0515. The topological polar surface area (TPSA) is 96.2 Å². The Morgan fingerprint density at radius 1 is 0.886 bits per heavy atom. The average Bonchev–Trinajstić information content (AvgIpc) is 3.86. The summed E-state index contributed by atoms with van der Waals surface area (Å²) in [5, 5.41) is 15.2. The van der Waals surface area contributed by atoms with Gasteiger partial charge in [-0.05, 0) is 106 Å². The third-order valence-corrected chi connectivity index (χ3v) is 12.4. The summed E-state index contributed by atoms with van der Waals surface area (Å²) in [4.78, 5) is 31.5. The molecular weight excluding hydrogens is 572 g/mol. The lowest BCUT2D eigenvalue weighted by Gasteiger charge is -2.52. The molecule has 6 fully saturated rings. The van der Waals surface area contributed by atoms with Crippen molar-refractivity contribution in [3.63, 3.8) is 0 Å². The lowest BCUT2D eigenvalue weighted by atomic mass is 9.57. The van der Waals surface area contributed by atoms with E-state index in [-0.39, 0.29) is 11.4 Å². The maximum absolute atomic E-state index is 14.5. The van der Waals surface area contributed by atoms with E-state index in [9.17, 15) is 9.90 Å². The number of hydrogen-bond acceptors (Lipinski definition) is 7. The molecule has 5 heterocycles. The largest absolute Gasteiger partial charge is 0.508 e. The molecule has 4 unspecified atom stereocenters. The van der Waals surface area contributed by atoms with Crippen LogP contribution in [0.25, 0.3) is 5.69 Å². The molecule has 1 aromatic carbocycles. The summed E-state index contributed by atoms with van der Waals surface area (Å²) in [6.07, 6.45) is 14.1. The van der Waals surface area contributed by atoms with Gasteiger partial charge in [-0.25, -0.2) is 14.8 Å². The Morgan fingerprint density at radius 2 is 1.64 bits per heavy atom. The first-order chi connectivity index (χ1) is 21.5. The van der Waals surface area contributed by atoms with Crippen molar-refractivity contribution in [3.8, 4) is 11.4 Å². The van der Waals surface area contributed by atoms with Gasteiger partial charge in [0.05, 0.1) is 35.0 Å². The fourth-order valence-electron chi connectivity index (χ4n) is 9.44. The van der Waals surface area contributed by atoms with Crippen LogP contribution in [0.4, 0.5) is 5.69 Å². The lowest BCUT2D eigenvalue weighted by Crippen LogP contribution is -2.54. The van der Waals surface area contributed by atoms with E-state index < -0.39 is 0 Å². The number of anilines is 1. The summed E-state index contributed by atoms with van der Waals surface area (Å²) in [6.45, 7) is 1.39. The minimum absolute atomic E-state index is 0.170. The van der Waals surface area contributed by atoms with Gasteiger partial charge in [0.1, 0.15) is 12.1 Å². The summed E-state index contributed by atoms with van der Waals surface area (Å²) in [7, 11) is 0. The van der Waals surface area contributed by atoms with Crippen molar-refractivity contribution >= 4 is 17.3 Å². The number of benzene rings is 1. The number of halogens is 1. The fraction of sp³-hybridized carbons (Fsp3) is 0.600. The molecule has 10 rings (SSSR count). The molecule has 4 saturated carbocycles. The number of hydrogen-bond donors (Lipinski definition) is 2. The number of phenolic OH excluding ortho intramolecular Hbond substituents is 1. The van der Waals surface area contributed by atoms with E-state index in [0.717, 1.165) is 97.6 Å². The van der Waals surface area contributed by atoms with Crippen LogP contribution in [0.2, 0.25) is 5.02 Å². The van der Waals surface area contributed by atoms with Crippen molar-refractivity contribution in [2.75, 3.05) is 11.4 Å². The van der Waals surface area contributed by atoms with Gasteiger partial charge in [-0.1, -0.05) is 11.6 Å². The van der Waals surface area contributed by atoms with Crippen LogP contribution in [0.1, 0.15) is 122 Å². The van der Waals surface area contributed by atoms with Gasteiger partial charge in [0.25, 0.3) is 0 Å². The van der Waals surface area contributed by atoms with Gasteiger partial charge >= 0.3 is 5.69 Å². The van der Waals surface area contributed by atoms with Crippen LogP contribution in [-0.4, -0.2) is 43.3 Å². The minimum Gasteiger partial charge on any atom is -0.508 e. The molecule has 8 nitrogen and oxygen atoms in total. The maximum Gasteiger partial charge on any atom is 0.352 e.